The molecule has 1 atom stereocenters. The van der Waals surface area contributed by atoms with Crippen molar-refractivity contribution in [2.45, 2.75) is 51.0 Å². The minimum atomic E-state index is -0.708. The zero-order valence-corrected chi connectivity index (χ0v) is 20.2. The van der Waals surface area contributed by atoms with E-state index in [0.717, 1.165) is 53.1 Å². The van der Waals surface area contributed by atoms with Gasteiger partial charge in [-0.25, -0.2) is 9.37 Å². The molecular formula is C27H28FN5O3. The fraction of sp³-hybridized carbons (Fsp3) is 0.407. The highest BCUT2D eigenvalue weighted by molar-refractivity contribution is 6.05. The number of carbonyl (C=O) groups excluding carboxylic acids is 3. The van der Waals surface area contributed by atoms with E-state index in [1.807, 2.05) is 29.9 Å². The quantitative estimate of drug-likeness (QED) is 0.570. The Morgan fingerprint density at radius 3 is 2.67 bits per heavy atom. The number of fused-ring (bicyclic) bond motifs is 2. The lowest BCUT2D eigenvalue weighted by molar-refractivity contribution is -0.136. The monoisotopic (exact) mass is 489 g/mol. The Kier molecular flexibility index (Phi) is 5.59. The van der Waals surface area contributed by atoms with Crippen LogP contribution in [0.4, 0.5) is 4.39 Å². The predicted molar refractivity (Wildman–Crippen MR) is 132 cm³/mol. The summed E-state index contributed by atoms with van der Waals surface area (Å²) in [6.45, 7) is 2.54. The summed E-state index contributed by atoms with van der Waals surface area (Å²) in [6.07, 6.45) is 2.99. The van der Waals surface area contributed by atoms with Crippen LogP contribution in [0.5, 0.6) is 0 Å². The van der Waals surface area contributed by atoms with E-state index in [1.165, 1.54) is 0 Å². The van der Waals surface area contributed by atoms with Gasteiger partial charge in [-0.15, -0.1) is 0 Å². The number of pyridine rings is 1. The van der Waals surface area contributed by atoms with Gasteiger partial charge in [-0.3, -0.25) is 24.6 Å². The first-order valence-electron chi connectivity index (χ1n) is 12.5. The van der Waals surface area contributed by atoms with Crippen molar-refractivity contribution < 1.29 is 18.8 Å². The molecule has 0 saturated carbocycles. The van der Waals surface area contributed by atoms with Crippen LogP contribution in [0.2, 0.25) is 0 Å². The molecule has 2 saturated heterocycles. The molecule has 0 spiro atoms. The van der Waals surface area contributed by atoms with Crippen molar-refractivity contribution in [2.24, 2.45) is 7.05 Å². The second-order valence-corrected chi connectivity index (χ2v) is 10.1. The van der Waals surface area contributed by atoms with E-state index in [-0.39, 0.29) is 18.2 Å². The van der Waals surface area contributed by atoms with Crippen molar-refractivity contribution in [3.8, 4) is 11.3 Å². The Labute approximate surface area is 208 Å². The van der Waals surface area contributed by atoms with Gasteiger partial charge in [-0.2, -0.15) is 0 Å². The summed E-state index contributed by atoms with van der Waals surface area (Å²) in [6, 6.07) is 9.22. The van der Waals surface area contributed by atoms with E-state index in [2.05, 4.69) is 22.3 Å². The first-order valence-corrected chi connectivity index (χ1v) is 12.5. The number of piperidine rings is 2. The molecule has 3 amide bonds. The van der Waals surface area contributed by atoms with E-state index in [9.17, 15) is 18.8 Å². The van der Waals surface area contributed by atoms with Crippen LogP contribution in [0, 0.1) is 0 Å². The van der Waals surface area contributed by atoms with Crippen molar-refractivity contribution >= 4 is 28.8 Å². The van der Waals surface area contributed by atoms with Crippen LogP contribution in [-0.2, 0) is 29.7 Å². The summed E-state index contributed by atoms with van der Waals surface area (Å²) in [5.74, 6) is -0.895. The fourth-order valence-electron chi connectivity index (χ4n) is 5.61. The third-order valence-electron chi connectivity index (χ3n) is 7.65. The largest absolute Gasteiger partial charge is 0.336 e. The molecule has 3 aromatic rings. The molecule has 3 aliphatic heterocycles. The molecule has 0 radical (unpaired) electrons. The summed E-state index contributed by atoms with van der Waals surface area (Å²) in [5.41, 5.74) is 5.17. The number of hydrogen-bond donors (Lipinski definition) is 1. The summed E-state index contributed by atoms with van der Waals surface area (Å²) < 4.78 is 15.7. The van der Waals surface area contributed by atoms with Gasteiger partial charge >= 0.3 is 0 Å². The molecule has 6 rings (SSSR count). The highest BCUT2D eigenvalue weighted by atomic mass is 19.1. The number of benzene rings is 1. The van der Waals surface area contributed by atoms with E-state index in [0.29, 0.717) is 31.4 Å². The maximum Gasteiger partial charge on any atom is 0.255 e. The lowest BCUT2D eigenvalue weighted by Crippen LogP contribution is -2.52. The van der Waals surface area contributed by atoms with Crippen LogP contribution in [-0.4, -0.2) is 62.4 Å². The van der Waals surface area contributed by atoms with Gasteiger partial charge in [0.25, 0.3) is 5.91 Å². The van der Waals surface area contributed by atoms with Gasteiger partial charge in [-0.05, 0) is 54.7 Å². The summed E-state index contributed by atoms with van der Waals surface area (Å²) in [5, 5.41) is 3.43. The van der Waals surface area contributed by atoms with Gasteiger partial charge in [0.2, 0.25) is 11.8 Å². The number of likely N-dealkylation sites (tertiary alicyclic amines) is 1. The number of amides is 3. The highest BCUT2D eigenvalue weighted by Gasteiger charge is 2.39. The number of aromatic nitrogens is 2. The average Bonchev–Trinajstić information content (AvgIpc) is 3.40. The second kappa shape index (κ2) is 8.81. The summed E-state index contributed by atoms with van der Waals surface area (Å²) >= 11 is 0. The van der Waals surface area contributed by atoms with E-state index >= 15 is 0 Å². The molecule has 1 unspecified atom stereocenters. The number of rotatable bonds is 4. The number of nitrogens with zero attached hydrogens (tertiary/aromatic N) is 4. The molecule has 0 aliphatic carbocycles. The van der Waals surface area contributed by atoms with Gasteiger partial charge in [0.15, 0.2) is 0 Å². The highest BCUT2D eigenvalue weighted by Crippen LogP contribution is 2.33. The molecule has 3 aliphatic rings. The first-order chi connectivity index (χ1) is 17.4. The van der Waals surface area contributed by atoms with Crippen LogP contribution in [0.1, 0.15) is 47.2 Å². The van der Waals surface area contributed by atoms with Crippen molar-refractivity contribution in [2.75, 3.05) is 13.1 Å². The second-order valence-electron chi connectivity index (χ2n) is 10.1. The van der Waals surface area contributed by atoms with E-state index in [4.69, 9.17) is 4.98 Å². The van der Waals surface area contributed by atoms with Crippen LogP contribution in [0.3, 0.4) is 0 Å². The number of aryl methyl sites for hydroxylation is 1. The number of nitrogens with one attached hydrogen (secondary N) is 1. The molecule has 36 heavy (non-hydrogen) atoms. The Bertz CT molecular complexity index is 1390. The van der Waals surface area contributed by atoms with Crippen molar-refractivity contribution in [1.82, 2.24) is 24.7 Å². The molecule has 9 heteroatoms. The average molecular weight is 490 g/mol. The standard InChI is InChI=1S/C27H28FN5O3/c1-31-9-8-20-18(14-32-10-6-19(28)7-11-32)13-22(29-25(20)31)16-2-3-21-17(12-16)15-33(27(21)36)23-4-5-24(34)30-26(23)35/h2-3,8-9,12-13,19,23H,4-7,10-11,14-15H2,1H3,(H,30,34,35). The minimum absolute atomic E-state index is 0.186. The SMILES string of the molecule is Cn1ccc2c(CN3CCC(F)CC3)cc(-c3ccc4c(c3)CN(C3CCC(=O)NC3=O)C4=O)nc21. The molecule has 1 aromatic carbocycles. The van der Waals surface area contributed by atoms with Crippen molar-refractivity contribution in [3.63, 3.8) is 0 Å². The molecule has 0 bridgehead atoms. The Morgan fingerprint density at radius 1 is 1.08 bits per heavy atom. The maximum absolute atomic E-state index is 13.7. The van der Waals surface area contributed by atoms with Crippen LogP contribution < -0.4 is 5.32 Å². The number of hydrogen-bond acceptors (Lipinski definition) is 5. The van der Waals surface area contributed by atoms with Gasteiger partial charge < -0.3 is 9.47 Å². The zero-order valence-electron chi connectivity index (χ0n) is 20.2. The molecule has 8 nitrogen and oxygen atoms in total. The fourth-order valence-corrected chi connectivity index (χ4v) is 5.61. The Hall–Kier alpha value is -3.59. The van der Waals surface area contributed by atoms with Gasteiger partial charge in [0.05, 0.1) is 5.69 Å². The number of halogens is 1. The minimum Gasteiger partial charge on any atom is -0.336 e. The Balaban J connectivity index is 1.31. The zero-order chi connectivity index (χ0) is 25.0. The maximum atomic E-state index is 13.7. The van der Waals surface area contributed by atoms with Gasteiger partial charge in [-0.1, -0.05) is 6.07 Å². The summed E-state index contributed by atoms with van der Waals surface area (Å²) in [7, 11) is 1.97. The van der Waals surface area contributed by atoms with E-state index < -0.39 is 18.1 Å². The van der Waals surface area contributed by atoms with Crippen LogP contribution in [0.25, 0.3) is 22.3 Å². The number of alkyl halides is 1. The smallest absolute Gasteiger partial charge is 0.255 e. The normalized spacial score (nSPS) is 21.3. The lowest BCUT2D eigenvalue weighted by Gasteiger charge is -2.29. The predicted octanol–water partition coefficient (Wildman–Crippen LogP) is 2.94. The van der Waals surface area contributed by atoms with Crippen LogP contribution in [0.15, 0.2) is 36.5 Å². The molecule has 2 fully saturated rings. The van der Waals surface area contributed by atoms with Crippen molar-refractivity contribution in [3.05, 3.63) is 53.2 Å². The number of carbonyl (C=O) groups is 3. The molecular weight excluding hydrogens is 461 g/mol. The molecule has 1 N–H and O–H groups in total. The number of imide groups is 1. The third kappa shape index (κ3) is 3.97. The Morgan fingerprint density at radius 2 is 1.89 bits per heavy atom. The molecule has 2 aromatic heterocycles. The van der Waals surface area contributed by atoms with Gasteiger partial charge in [0.1, 0.15) is 17.9 Å². The molecule has 186 valence electrons. The topological polar surface area (TPSA) is 87.5 Å². The van der Waals surface area contributed by atoms with Crippen molar-refractivity contribution in [1.29, 1.82) is 0 Å². The molecule has 5 heterocycles. The van der Waals surface area contributed by atoms with Crippen LogP contribution >= 0.6 is 0 Å². The summed E-state index contributed by atoms with van der Waals surface area (Å²) in [4.78, 5) is 45.7. The lowest BCUT2D eigenvalue weighted by atomic mass is 10.0. The van der Waals surface area contributed by atoms with Gasteiger partial charge in [0, 0.05) is 62.4 Å². The van der Waals surface area contributed by atoms with E-state index in [1.54, 1.807) is 11.0 Å². The first kappa shape index (κ1) is 22.8. The third-order valence-corrected chi connectivity index (χ3v) is 7.65.